The highest BCUT2D eigenvalue weighted by Gasteiger charge is 2.21. The lowest BCUT2D eigenvalue weighted by molar-refractivity contribution is -0.0318. The summed E-state index contributed by atoms with van der Waals surface area (Å²) in [4.78, 5) is 4.71. The van der Waals surface area contributed by atoms with Crippen LogP contribution in [0.3, 0.4) is 0 Å². The van der Waals surface area contributed by atoms with Crippen LogP contribution in [0.5, 0.6) is 5.75 Å². The molecule has 0 amide bonds. The van der Waals surface area contributed by atoms with E-state index in [9.17, 15) is 0 Å². The SMILES string of the molecule is CCNC(=NCCCOC1CCOCC1)NC1CCOc2ccccc21. The molecule has 0 spiro atoms. The second-order valence-electron chi connectivity index (χ2n) is 6.67. The van der Waals surface area contributed by atoms with Gasteiger partial charge in [-0.25, -0.2) is 0 Å². The average molecular weight is 361 g/mol. The van der Waals surface area contributed by atoms with Crippen molar-refractivity contribution in [3.8, 4) is 5.75 Å². The molecule has 0 saturated carbocycles. The molecule has 3 rings (SSSR count). The molecule has 6 nitrogen and oxygen atoms in total. The van der Waals surface area contributed by atoms with Crippen LogP contribution < -0.4 is 15.4 Å². The van der Waals surface area contributed by atoms with Gasteiger partial charge in [0.1, 0.15) is 5.75 Å². The van der Waals surface area contributed by atoms with Gasteiger partial charge in [0.25, 0.3) is 0 Å². The van der Waals surface area contributed by atoms with E-state index in [0.717, 1.165) is 76.9 Å². The first kappa shape index (κ1) is 19.0. The fraction of sp³-hybridized carbons (Fsp3) is 0.650. The van der Waals surface area contributed by atoms with Crippen molar-refractivity contribution in [3.05, 3.63) is 29.8 Å². The van der Waals surface area contributed by atoms with Crippen LogP contribution in [0, 0.1) is 0 Å². The van der Waals surface area contributed by atoms with Gasteiger partial charge >= 0.3 is 0 Å². The first-order valence-corrected chi connectivity index (χ1v) is 9.82. The second-order valence-corrected chi connectivity index (χ2v) is 6.67. The predicted octanol–water partition coefficient (Wildman–Crippen LogP) is 2.65. The Morgan fingerprint density at radius 3 is 2.88 bits per heavy atom. The molecule has 6 heteroatoms. The van der Waals surface area contributed by atoms with Crippen molar-refractivity contribution >= 4 is 5.96 Å². The molecule has 1 saturated heterocycles. The molecular weight excluding hydrogens is 330 g/mol. The van der Waals surface area contributed by atoms with Crippen molar-refractivity contribution in [3.63, 3.8) is 0 Å². The Morgan fingerprint density at radius 2 is 2.04 bits per heavy atom. The van der Waals surface area contributed by atoms with E-state index < -0.39 is 0 Å². The zero-order chi connectivity index (χ0) is 18.0. The molecule has 2 heterocycles. The fourth-order valence-corrected chi connectivity index (χ4v) is 3.33. The lowest BCUT2D eigenvalue weighted by Crippen LogP contribution is -2.41. The van der Waals surface area contributed by atoms with Crippen LogP contribution in [-0.2, 0) is 9.47 Å². The highest BCUT2D eigenvalue weighted by molar-refractivity contribution is 5.80. The molecule has 2 aliphatic rings. The maximum absolute atomic E-state index is 5.91. The van der Waals surface area contributed by atoms with E-state index >= 15 is 0 Å². The standard InChI is InChI=1S/C20H31N3O3/c1-2-21-20(22-11-5-12-25-16-8-13-24-14-9-16)23-18-10-15-26-19-7-4-3-6-17(18)19/h3-4,6-7,16,18H,2,5,8-15H2,1H3,(H2,21,22,23). The first-order chi connectivity index (χ1) is 12.9. The molecule has 0 radical (unpaired) electrons. The fourth-order valence-electron chi connectivity index (χ4n) is 3.33. The smallest absolute Gasteiger partial charge is 0.191 e. The minimum absolute atomic E-state index is 0.233. The molecule has 26 heavy (non-hydrogen) atoms. The molecule has 2 aliphatic heterocycles. The molecule has 1 aromatic carbocycles. The molecule has 1 aromatic rings. The number of fused-ring (bicyclic) bond motifs is 1. The van der Waals surface area contributed by atoms with Crippen molar-refractivity contribution in [1.29, 1.82) is 0 Å². The van der Waals surface area contributed by atoms with Crippen LogP contribution in [0.25, 0.3) is 0 Å². The van der Waals surface area contributed by atoms with Crippen LogP contribution in [0.4, 0.5) is 0 Å². The zero-order valence-electron chi connectivity index (χ0n) is 15.7. The molecular formula is C20H31N3O3. The Bertz CT molecular complexity index is 573. The van der Waals surface area contributed by atoms with E-state index in [1.54, 1.807) is 0 Å². The molecule has 0 bridgehead atoms. The third kappa shape index (κ3) is 5.61. The number of rotatable bonds is 7. The van der Waals surface area contributed by atoms with Crippen molar-refractivity contribution in [1.82, 2.24) is 10.6 Å². The van der Waals surface area contributed by atoms with E-state index in [1.807, 2.05) is 12.1 Å². The largest absolute Gasteiger partial charge is 0.493 e. The predicted molar refractivity (Wildman–Crippen MR) is 103 cm³/mol. The van der Waals surface area contributed by atoms with Crippen LogP contribution in [0.1, 0.15) is 44.2 Å². The summed E-state index contributed by atoms with van der Waals surface area (Å²) in [6.45, 7) is 6.82. The Hall–Kier alpha value is -1.79. The van der Waals surface area contributed by atoms with Gasteiger partial charge in [-0.05, 0) is 32.3 Å². The number of nitrogens with zero attached hydrogens (tertiary/aromatic N) is 1. The van der Waals surface area contributed by atoms with Gasteiger partial charge in [0.15, 0.2) is 5.96 Å². The van der Waals surface area contributed by atoms with Gasteiger partial charge in [-0.15, -0.1) is 0 Å². The van der Waals surface area contributed by atoms with Gasteiger partial charge in [-0.1, -0.05) is 18.2 Å². The van der Waals surface area contributed by atoms with Gasteiger partial charge in [-0.3, -0.25) is 4.99 Å². The Kier molecular flexibility index (Phi) is 7.58. The van der Waals surface area contributed by atoms with E-state index in [2.05, 4.69) is 29.7 Å². The molecule has 0 aromatic heterocycles. The van der Waals surface area contributed by atoms with Crippen LogP contribution in [0.2, 0.25) is 0 Å². The molecule has 1 fully saturated rings. The van der Waals surface area contributed by atoms with Crippen LogP contribution in [0.15, 0.2) is 29.3 Å². The van der Waals surface area contributed by atoms with Gasteiger partial charge in [0.2, 0.25) is 0 Å². The quantitative estimate of drug-likeness (QED) is 0.444. The number of benzene rings is 1. The van der Waals surface area contributed by atoms with E-state index in [-0.39, 0.29) is 6.04 Å². The molecule has 144 valence electrons. The average Bonchev–Trinajstić information content (AvgIpc) is 2.69. The molecule has 1 atom stereocenters. The Labute approximate surface area is 156 Å². The van der Waals surface area contributed by atoms with Crippen molar-refractivity contribution in [2.45, 2.75) is 44.8 Å². The second kappa shape index (κ2) is 10.4. The lowest BCUT2D eigenvalue weighted by atomic mass is 10.0. The number of guanidine groups is 1. The van der Waals surface area contributed by atoms with E-state index in [1.165, 1.54) is 5.56 Å². The van der Waals surface area contributed by atoms with Gasteiger partial charge < -0.3 is 24.8 Å². The summed E-state index contributed by atoms with van der Waals surface area (Å²) < 4.78 is 17.0. The van der Waals surface area contributed by atoms with E-state index in [0.29, 0.717) is 6.10 Å². The number of aliphatic imine (C=N–C) groups is 1. The summed E-state index contributed by atoms with van der Waals surface area (Å²) in [5.41, 5.74) is 1.20. The summed E-state index contributed by atoms with van der Waals surface area (Å²) >= 11 is 0. The van der Waals surface area contributed by atoms with Crippen molar-refractivity contribution in [2.75, 3.05) is 39.5 Å². The van der Waals surface area contributed by atoms with Crippen LogP contribution >= 0.6 is 0 Å². The number of nitrogens with one attached hydrogen (secondary N) is 2. The normalized spacial score (nSPS) is 21.0. The third-order valence-corrected chi connectivity index (χ3v) is 4.71. The topological polar surface area (TPSA) is 64.1 Å². The van der Waals surface area contributed by atoms with Crippen LogP contribution in [-0.4, -0.2) is 51.6 Å². The Morgan fingerprint density at radius 1 is 1.19 bits per heavy atom. The monoisotopic (exact) mass is 361 g/mol. The third-order valence-electron chi connectivity index (χ3n) is 4.71. The summed E-state index contributed by atoms with van der Waals surface area (Å²) in [5.74, 6) is 1.83. The molecule has 2 N–H and O–H groups in total. The summed E-state index contributed by atoms with van der Waals surface area (Å²) in [6.07, 6.45) is 4.25. The maximum atomic E-state index is 5.91. The molecule has 0 aliphatic carbocycles. The van der Waals surface area contributed by atoms with Gasteiger partial charge in [0, 0.05) is 44.9 Å². The van der Waals surface area contributed by atoms with Gasteiger partial charge in [-0.2, -0.15) is 0 Å². The lowest BCUT2D eigenvalue weighted by Gasteiger charge is -2.28. The van der Waals surface area contributed by atoms with E-state index in [4.69, 9.17) is 19.2 Å². The number of para-hydroxylation sites is 1. The highest BCUT2D eigenvalue weighted by atomic mass is 16.5. The number of hydrogen-bond donors (Lipinski definition) is 2. The number of hydrogen-bond acceptors (Lipinski definition) is 4. The highest BCUT2D eigenvalue weighted by Crippen LogP contribution is 2.31. The summed E-state index contributed by atoms with van der Waals surface area (Å²) in [6, 6.07) is 8.45. The van der Waals surface area contributed by atoms with Crippen molar-refractivity contribution in [2.24, 2.45) is 4.99 Å². The van der Waals surface area contributed by atoms with Gasteiger partial charge in [0.05, 0.1) is 18.8 Å². The Balaban J connectivity index is 1.46. The molecule has 1 unspecified atom stereocenters. The number of ether oxygens (including phenoxy) is 3. The van der Waals surface area contributed by atoms with Crippen molar-refractivity contribution < 1.29 is 14.2 Å². The maximum Gasteiger partial charge on any atom is 0.191 e. The zero-order valence-corrected chi connectivity index (χ0v) is 15.7. The minimum atomic E-state index is 0.233. The summed E-state index contributed by atoms with van der Waals surface area (Å²) in [7, 11) is 0. The first-order valence-electron chi connectivity index (χ1n) is 9.82. The minimum Gasteiger partial charge on any atom is -0.493 e. The summed E-state index contributed by atoms with van der Waals surface area (Å²) in [5, 5.41) is 6.90.